The lowest BCUT2D eigenvalue weighted by Crippen LogP contribution is -2.65. The normalized spacial score (nSPS) is 29.1. The van der Waals surface area contributed by atoms with E-state index in [4.69, 9.17) is 66.8 Å². The van der Waals surface area contributed by atoms with Crippen LogP contribution >= 0.6 is 23.2 Å². The summed E-state index contributed by atoms with van der Waals surface area (Å²) in [6, 6.07) is -2.18. The van der Waals surface area contributed by atoms with Gasteiger partial charge in [0.15, 0.2) is 36.2 Å². The number of aliphatic hydroxyl groups excluding tert-OH is 10. The van der Waals surface area contributed by atoms with Gasteiger partial charge in [-0.25, -0.2) is 4.79 Å². The quantitative estimate of drug-likeness (QED) is 0.0252. The van der Waals surface area contributed by atoms with E-state index < -0.39 is 292 Å². The number of nitrogens with one attached hydrogen (secondary N) is 10. The highest BCUT2D eigenvalue weighted by atomic mass is 35.5. The highest BCUT2D eigenvalue weighted by molar-refractivity contribution is 6.32. The standard InChI is InChI=1S/C87H117Cl2N11O30/c1-7-8-9-10-11-12-13-14-21-92-22-23-94-87(5)34-60(124-39(4)77(87)114)129-76-73(112)71(110)58(37-102)128-86(76)130-75-55-30-43-31-56(75)126-54-20-17-42(29-48(54)89)68(107)66-83(120)98-64(84(121)122)45-32-52(104)46(35-93-24-25-123-85-74(113)72(111)70(109)57(36-101)127-85)69(108)61(45)44-27-40(15-18-51(44)103)62(80(117)100-66)97-81(118)63(43)96-79(116)50(33-59(90)105)95-82(119)65(99-78(115)49(91-6)26-38(2)3)67(106)41-16-19-53(125-55)47(88)28-41/h15-20,27-32,38-39,49-50,57-58,60,62-68,70-74,76-77,85-86,91-94,101-104,106-114H,7-14,21-26,33-37H2,1-6H3,(H2,90,105)(H,95,119)(H,96,116)(H,97,118)(H,98,120)(H,99,115)(H,100,117)(H,121,122)/t39-,49+,50-,57+,58+,60-,62+,63+,64-,65+,66-,67+,68+,70+,71+,72-,73-,74+,76+,77+,85+,86-,87-/m0/s1. The van der Waals surface area contributed by atoms with Crippen molar-refractivity contribution >= 4 is 70.5 Å². The van der Waals surface area contributed by atoms with Crippen LogP contribution in [-0.2, 0) is 68.6 Å². The number of ether oxygens (including phenoxy) is 8. The van der Waals surface area contributed by atoms with Gasteiger partial charge in [-0.15, -0.1) is 0 Å². The largest absolute Gasteiger partial charge is 0.507 e. The zero-order valence-electron chi connectivity index (χ0n) is 72.3. The van der Waals surface area contributed by atoms with Crippen LogP contribution in [0.5, 0.6) is 46.0 Å². The van der Waals surface area contributed by atoms with Gasteiger partial charge in [-0.3, -0.25) is 33.6 Å². The molecule has 3 saturated heterocycles. The number of carboxylic acids is 1. The lowest BCUT2D eigenvalue weighted by Gasteiger charge is -2.48. The molecule has 0 spiro atoms. The molecular formula is C87H117Cl2N11O30. The van der Waals surface area contributed by atoms with Gasteiger partial charge in [-0.05, 0) is 123 Å². The number of primary amides is 1. The number of hydrogen-bond acceptors (Lipinski definition) is 33. The molecule has 0 aliphatic carbocycles. The molecule has 5 aromatic carbocycles. The zero-order valence-corrected chi connectivity index (χ0v) is 73.8. The minimum atomic E-state index is -2.42. The number of amides is 7. The van der Waals surface area contributed by atoms with Gasteiger partial charge in [0.05, 0.1) is 60.1 Å². The van der Waals surface area contributed by atoms with E-state index in [1.165, 1.54) is 38.4 Å². The maximum atomic E-state index is 16.5. The Morgan fingerprint density at radius 2 is 1.22 bits per heavy atom. The number of aromatic hydroxyl groups is 3. The first-order chi connectivity index (χ1) is 61.9. The van der Waals surface area contributed by atoms with E-state index in [9.17, 15) is 85.9 Å². The van der Waals surface area contributed by atoms with E-state index in [2.05, 4.69) is 60.1 Å². The van der Waals surface area contributed by atoms with Crippen LogP contribution in [0.15, 0.2) is 72.8 Å². The third kappa shape index (κ3) is 23.9. The fraction of sp³-hybridized carbons (Fsp3) is 0.563. The molecule has 41 nitrogen and oxygen atoms in total. The summed E-state index contributed by atoms with van der Waals surface area (Å²) in [6.07, 6.45) is -17.9. The maximum absolute atomic E-state index is 16.5. The summed E-state index contributed by atoms with van der Waals surface area (Å²) in [6.45, 7) is 7.81. The van der Waals surface area contributed by atoms with Crippen LogP contribution < -0.4 is 73.1 Å². The summed E-state index contributed by atoms with van der Waals surface area (Å²) >= 11 is 14.4. The molecule has 23 atom stereocenters. The molecule has 7 amide bonds. The molecule has 0 aromatic heterocycles. The predicted molar refractivity (Wildman–Crippen MR) is 460 cm³/mol. The first kappa shape index (κ1) is 101. The highest BCUT2D eigenvalue weighted by Gasteiger charge is 2.53. The van der Waals surface area contributed by atoms with Crippen LogP contribution in [0.3, 0.4) is 0 Å². The molecule has 0 unspecified atom stereocenters. The van der Waals surface area contributed by atoms with Crippen LogP contribution in [0.2, 0.25) is 10.0 Å². The van der Waals surface area contributed by atoms with Crippen LogP contribution in [0.25, 0.3) is 11.1 Å². The van der Waals surface area contributed by atoms with E-state index in [1.54, 1.807) is 13.8 Å². The van der Waals surface area contributed by atoms with Gasteiger partial charge in [0.2, 0.25) is 53.4 Å². The van der Waals surface area contributed by atoms with E-state index in [1.807, 2.05) is 13.8 Å². The molecule has 43 heteroatoms. The molecule has 5 aromatic rings. The number of nitrogens with two attached hydrogens (primary N) is 1. The summed E-state index contributed by atoms with van der Waals surface area (Å²) in [5, 5.41) is 187. The molecule has 13 rings (SSSR count). The molecule has 8 heterocycles. The van der Waals surface area contributed by atoms with Gasteiger partial charge in [0.25, 0.3) is 0 Å². The Kier molecular flexibility index (Phi) is 35.2. The van der Waals surface area contributed by atoms with Gasteiger partial charge in [0.1, 0.15) is 114 Å². The number of carboxylic acid groups (broad SMARTS) is 1. The Morgan fingerprint density at radius 3 is 1.84 bits per heavy atom. The van der Waals surface area contributed by atoms with Gasteiger partial charge in [0, 0.05) is 54.8 Å². The molecule has 11 bridgehead atoms. The SMILES string of the molecule is CCCCCCCCCCNCCN[C@@]1(C)C[C@H](O[C@H]2[C@H](Oc3c4cc5cc3Oc3ccc(cc3Cl)[C@@H](O)[C@@H](NC(=O)[C@@H](CC(C)C)NC)C(=O)N[C@@H](CC(N)=O)C(=O)N[C@H]5C(=O)N[C@H]3C(=O)N[C@H](C(=O)N[C@H](C(=O)O)c5cc(O)c(CNCCO[C@@H]6O[C@H](CO)[C@@H](O)[C@H](O)[C@H]6O)c(O)c5-c5cc3ccc5O)[C@H](O)c3ccc(c(Cl)c3)O4)O[C@H](CO)[C@@H](O)[C@@H]2O)O[C@@H](C)[C@H]1O. The third-order valence-corrected chi connectivity index (χ3v) is 24.4. The van der Waals surface area contributed by atoms with E-state index in [-0.39, 0.29) is 53.8 Å². The minimum absolute atomic E-state index is 0.128. The van der Waals surface area contributed by atoms with Crippen LogP contribution in [0, 0.1) is 5.92 Å². The molecule has 714 valence electrons. The minimum Gasteiger partial charge on any atom is -0.507 e. The number of unbranched alkanes of at least 4 members (excludes halogenated alkanes) is 7. The van der Waals surface area contributed by atoms with Crippen molar-refractivity contribution in [3.63, 3.8) is 0 Å². The number of carbonyl (C=O) groups is 8. The van der Waals surface area contributed by atoms with Crippen molar-refractivity contribution in [2.45, 2.75) is 252 Å². The Hall–Kier alpha value is -9.52. The van der Waals surface area contributed by atoms with E-state index in [0.29, 0.717) is 13.1 Å². The monoisotopic (exact) mass is 1870 g/mol. The van der Waals surface area contributed by atoms with Crippen molar-refractivity contribution in [3.8, 4) is 57.1 Å². The number of benzene rings is 5. The fourth-order valence-corrected chi connectivity index (χ4v) is 17.0. The van der Waals surface area contributed by atoms with Gasteiger partial charge < -0.3 is 168 Å². The Bertz CT molecular complexity index is 4830. The third-order valence-electron chi connectivity index (χ3n) is 23.8. The topological polar surface area (TPSA) is 640 Å². The lowest BCUT2D eigenvalue weighted by atomic mass is 9.85. The first-order valence-electron chi connectivity index (χ1n) is 43.2. The van der Waals surface area contributed by atoms with Crippen molar-refractivity contribution in [2.24, 2.45) is 11.7 Å². The second-order valence-corrected chi connectivity index (χ2v) is 34.6. The molecule has 130 heavy (non-hydrogen) atoms. The van der Waals surface area contributed by atoms with E-state index in [0.717, 1.165) is 99.3 Å². The number of carbonyl (C=O) groups excluding carboxylic acids is 7. The summed E-state index contributed by atoms with van der Waals surface area (Å²) in [4.78, 5) is 120. The number of aliphatic hydroxyl groups is 10. The number of hydrogen-bond donors (Lipinski definition) is 25. The van der Waals surface area contributed by atoms with Crippen LogP contribution in [0.1, 0.15) is 169 Å². The van der Waals surface area contributed by atoms with Crippen molar-refractivity contribution in [2.75, 3.05) is 53.0 Å². The summed E-state index contributed by atoms with van der Waals surface area (Å²) in [7, 11) is 1.47. The van der Waals surface area contributed by atoms with Crippen LogP contribution in [-0.4, -0.2) is 281 Å². The summed E-state index contributed by atoms with van der Waals surface area (Å²) in [5.41, 5.74) is 0.862. The van der Waals surface area contributed by atoms with E-state index >= 15 is 24.0 Å². The Labute approximate surface area is 757 Å². The van der Waals surface area contributed by atoms with Gasteiger partial charge in [-0.1, -0.05) is 107 Å². The average Bonchev–Trinajstić information content (AvgIpc) is 0.759. The molecular weight excluding hydrogens is 1750 g/mol. The number of likely N-dealkylation sites (N-methyl/N-ethyl adjacent to an activating group) is 1. The number of fused-ring (bicyclic) bond motifs is 15. The van der Waals surface area contributed by atoms with Gasteiger partial charge >= 0.3 is 5.97 Å². The second-order valence-electron chi connectivity index (χ2n) is 33.8. The highest BCUT2D eigenvalue weighted by Crippen LogP contribution is 2.51. The second kappa shape index (κ2) is 45.3. The van der Waals surface area contributed by atoms with Gasteiger partial charge in [-0.2, -0.15) is 0 Å². The number of rotatable bonds is 33. The predicted octanol–water partition coefficient (Wildman–Crippen LogP) is 0.373. The number of halogens is 2. The first-order valence-corrected chi connectivity index (χ1v) is 43.9. The maximum Gasteiger partial charge on any atom is 0.330 e. The number of aliphatic carboxylic acids is 1. The molecule has 0 radical (unpaired) electrons. The molecule has 3 fully saturated rings. The van der Waals surface area contributed by atoms with Crippen molar-refractivity contribution in [1.29, 1.82) is 0 Å². The fourth-order valence-electron chi connectivity index (χ4n) is 16.5. The van der Waals surface area contributed by atoms with Crippen molar-refractivity contribution in [3.05, 3.63) is 116 Å². The van der Waals surface area contributed by atoms with Crippen molar-refractivity contribution < 1.29 is 148 Å². The summed E-state index contributed by atoms with van der Waals surface area (Å²) < 4.78 is 50.6. The number of phenolic OH excluding ortho intramolecular Hbond substituents is 3. The lowest BCUT2D eigenvalue weighted by molar-refractivity contribution is -0.334. The Balaban J connectivity index is 1.07. The summed E-state index contributed by atoms with van der Waals surface area (Å²) in [5.74, 6) is -16.8. The molecule has 0 saturated carbocycles. The molecule has 8 aliphatic rings. The molecule has 8 aliphatic heterocycles. The Morgan fingerprint density at radius 1 is 0.623 bits per heavy atom. The average molecular weight is 1870 g/mol. The zero-order chi connectivity index (χ0) is 94.4. The smallest absolute Gasteiger partial charge is 0.330 e. The molecule has 26 N–H and O–H groups in total. The van der Waals surface area contributed by atoms with Crippen molar-refractivity contribution in [1.82, 2.24) is 53.2 Å². The van der Waals surface area contributed by atoms with Crippen LogP contribution in [0.4, 0.5) is 0 Å². The number of phenols is 3.